The fourth-order valence-electron chi connectivity index (χ4n) is 0.769. The van der Waals surface area contributed by atoms with Crippen molar-refractivity contribution in [2.24, 2.45) is 0 Å². The molecule has 0 saturated heterocycles. The molecule has 1 aliphatic heterocycles. The first-order valence-electron chi connectivity index (χ1n) is 2.83. The highest BCUT2D eigenvalue weighted by Gasteiger charge is 2.18. The number of nitrogens with zero attached hydrogens (tertiary/aromatic N) is 2. The third-order valence-corrected chi connectivity index (χ3v) is 3.03. The van der Waals surface area contributed by atoms with Gasteiger partial charge in [0, 0.05) is 16.1 Å². The quantitative estimate of drug-likeness (QED) is 0.453. The molecule has 1 aromatic heterocycles. The normalized spacial score (nSPS) is 16.2. The van der Waals surface area contributed by atoms with Crippen molar-refractivity contribution < 1.29 is 0 Å². The molecule has 2 rings (SSSR count). The van der Waals surface area contributed by atoms with Crippen LogP contribution in [0.5, 0.6) is 0 Å². The second kappa shape index (κ2) is 2.93. The molecule has 0 bridgehead atoms. The Kier molecular flexibility index (Phi) is 2.09. The number of rotatable bonds is 0. The van der Waals surface area contributed by atoms with Crippen molar-refractivity contribution >= 4 is 49.8 Å². The number of hydrogen-bond acceptors (Lipinski definition) is 4. The number of pyridine rings is 1. The molecule has 1 aromatic rings. The monoisotopic (exact) mass is 295 g/mol. The van der Waals surface area contributed by atoms with Gasteiger partial charge < -0.3 is 0 Å². The van der Waals surface area contributed by atoms with E-state index in [1.807, 2.05) is 12.1 Å². The van der Waals surface area contributed by atoms with E-state index < -0.39 is 0 Å². The van der Waals surface area contributed by atoms with Crippen molar-refractivity contribution in [2.75, 3.05) is 5.43 Å². The van der Waals surface area contributed by atoms with Gasteiger partial charge in [0.05, 0.1) is 4.90 Å². The molecule has 0 unspecified atom stereocenters. The highest BCUT2D eigenvalue weighted by molar-refractivity contribution is 9.10. The average Bonchev–Trinajstić information content (AvgIpc) is 2.27. The van der Waals surface area contributed by atoms with Crippen molar-refractivity contribution in [1.82, 2.24) is 8.42 Å². The topological polar surface area (TPSA) is 28.2 Å². The summed E-state index contributed by atoms with van der Waals surface area (Å²) in [5.41, 5.74) is 3.01. The Morgan fingerprint density at radius 3 is 3.18 bits per heavy atom. The Labute approximate surface area is 85.1 Å². The molecule has 0 amide bonds. The zero-order chi connectivity index (χ0) is 7.84. The third-order valence-electron chi connectivity index (χ3n) is 1.20. The van der Waals surface area contributed by atoms with Gasteiger partial charge in [-0.1, -0.05) is 3.44 Å². The Bertz CT molecular complexity index is 293. The maximum Gasteiger partial charge on any atom is 0.158 e. The zero-order valence-electron chi connectivity index (χ0n) is 5.21. The van der Waals surface area contributed by atoms with E-state index in [1.54, 1.807) is 15.4 Å². The average molecular weight is 297 g/mol. The molecule has 0 aromatic carbocycles. The number of hydrazine groups is 1. The minimum absolute atomic E-state index is 0.840. The highest BCUT2D eigenvalue weighted by atomic mass is 79.9. The van der Waals surface area contributed by atoms with E-state index in [0.717, 1.165) is 15.3 Å². The summed E-state index contributed by atoms with van der Waals surface area (Å²) in [7, 11) is 0. The molecule has 1 N–H and O–H groups in total. The van der Waals surface area contributed by atoms with E-state index in [-0.39, 0.29) is 0 Å². The van der Waals surface area contributed by atoms with E-state index in [4.69, 9.17) is 0 Å². The standard InChI is InChI=1S/C5H3Br2N3S/c6-4-2-1-3-5(8-4)9-10(7)11-3/h1-2H,(H,8,9). The van der Waals surface area contributed by atoms with Gasteiger partial charge in [-0.25, -0.2) is 4.98 Å². The Morgan fingerprint density at radius 1 is 1.55 bits per heavy atom. The van der Waals surface area contributed by atoms with Gasteiger partial charge in [0.25, 0.3) is 0 Å². The van der Waals surface area contributed by atoms with E-state index in [9.17, 15) is 0 Å². The molecular formula is C5H3Br2N3S. The lowest BCUT2D eigenvalue weighted by atomic mass is 10.5. The lowest BCUT2D eigenvalue weighted by Crippen LogP contribution is -2.03. The van der Waals surface area contributed by atoms with Crippen LogP contribution in [0.15, 0.2) is 21.6 Å². The van der Waals surface area contributed by atoms with E-state index in [2.05, 4.69) is 42.5 Å². The van der Waals surface area contributed by atoms with Gasteiger partial charge >= 0.3 is 0 Å². The molecule has 2 heterocycles. The SMILES string of the molecule is Brc1ccc2c(n1)NN(Br)S2. The largest absolute Gasteiger partial charge is 0.282 e. The van der Waals surface area contributed by atoms with Crippen LogP contribution in [0.4, 0.5) is 5.82 Å². The van der Waals surface area contributed by atoms with Crippen LogP contribution in [0.25, 0.3) is 0 Å². The lowest BCUT2D eigenvalue weighted by molar-refractivity contribution is 0.945. The van der Waals surface area contributed by atoms with Gasteiger partial charge in [0.2, 0.25) is 0 Å². The Hall–Kier alpha value is 0.220. The molecule has 0 saturated carbocycles. The second-order valence-electron chi connectivity index (χ2n) is 1.93. The molecule has 0 fully saturated rings. The molecule has 6 heteroatoms. The number of hydrogen-bond donors (Lipinski definition) is 1. The Balaban J connectivity index is 2.43. The van der Waals surface area contributed by atoms with Crippen molar-refractivity contribution in [1.29, 1.82) is 0 Å². The minimum atomic E-state index is 0.840. The van der Waals surface area contributed by atoms with Crippen LogP contribution in [0.2, 0.25) is 0 Å². The summed E-state index contributed by atoms with van der Waals surface area (Å²) in [5, 5.41) is 0. The number of nitrogens with one attached hydrogen (secondary N) is 1. The highest BCUT2D eigenvalue weighted by Crippen LogP contribution is 2.38. The molecule has 0 atom stereocenters. The number of halogens is 2. The van der Waals surface area contributed by atoms with E-state index in [0.29, 0.717) is 0 Å². The van der Waals surface area contributed by atoms with Crippen LogP contribution in [0.3, 0.4) is 0 Å². The molecule has 0 radical (unpaired) electrons. The molecule has 3 nitrogen and oxygen atoms in total. The first-order chi connectivity index (χ1) is 5.25. The third kappa shape index (κ3) is 1.53. The predicted octanol–water partition coefficient (Wildman–Crippen LogP) is 2.80. The van der Waals surface area contributed by atoms with Gasteiger partial charge in [-0.15, -0.1) is 0 Å². The molecule has 0 spiro atoms. The predicted molar refractivity (Wildman–Crippen MR) is 52.2 cm³/mol. The van der Waals surface area contributed by atoms with Crippen molar-refractivity contribution in [3.63, 3.8) is 0 Å². The number of anilines is 1. The summed E-state index contributed by atoms with van der Waals surface area (Å²) >= 11 is 8.12. The zero-order valence-corrected chi connectivity index (χ0v) is 9.20. The summed E-state index contributed by atoms with van der Waals surface area (Å²) in [4.78, 5) is 5.33. The molecule has 0 aliphatic carbocycles. The maximum atomic E-state index is 4.22. The first-order valence-corrected chi connectivity index (χ1v) is 5.10. The smallest absolute Gasteiger partial charge is 0.158 e. The summed E-state index contributed by atoms with van der Waals surface area (Å²) < 4.78 is 2.57. The van der Waals surface area contributed by atoms with Crippen LogP contribution < -0.4 is 5.43 Å². The van der Waals surface area contributed by atoms with Crippen LogP contribution in [0, 0.1) is 0 Å². The molecule has 58 valence electrons. The fourth-order valence-corrected chi connectivity index (χ4v) is 2.33. The maximum absolute atomic E-state index is 4.22. The summed E-state index contributed by atoms with van der Waals surface area (Å²) in [6, 6.07) is 3.92. The van der Waals surface area contributed by atoms with Crippen LogP contribution in [-0.2, 0) is 0 Å². The molecule has 1 aliphatic rings. The number of fused-ring (bicyclic) bond motifs is 1. The summed E-state index contributed by atoms with van der Waals surface area (Å²) in [6.45, 7) is 0. The van der Waals surface area contributed by atoms with E-state index >= 15 is 0 Å². The van der Waals surface area contributed by atoms with Gasteiger partial charge in [0.1, 0.15) is 4.60 Å². The first kappa shape index (κ1) is 7.85. The van der Waals surface area contributed by atoms with Crippen LogP contribution >= 0.6 is 44.0 Å². The van der Waals surface area contributed by atoms with Gasteiger partial charge in [-0.2, -0.15) is 0 Å². The summed E-state index contributed by atoms with van der Waals surface area (Å²) in [6.07, 6.45) is 0. The summed E-state index contributed by atoms with van der Waals surface area (Å²) in [5.74, 6) is 0.876. The number of aromatic nitrogens is 1. The van der Waals surface area contributed by atoms with Gasteiger partial charge in [-0.05, 0) is 40.0 Å². The fraction of sp³-hybridized carbons (Fsp3) is 0. The van der Waals surface area contributed by atoms with Crippen molar-refractivity contribution in [3.05, 3.63) is 16.7 Å². The second-order valence-corrected chi connectivity index (χ2v) is 4.91. The lowest BCUT2D eigenvalue weighted by Gasteiger charge is -2.00. The van der Waals surface area contributed by atoms with Crippen molar-refractivity contribution in [2.45, 2.75) is 4.90 Å². The molecule has 11 heavy (non-hydrogen) atoms. The van der Waals surface area contributed by atoms with Gasteiger partial charge in [0.15, 0.2) is 5.82 Å². The molecular weight excluding hydrogens is 294 g/mol. The van der Waals surface area contributed by atoms with Crippen molar-refractivity contribution in [3.8, 4) is 0 Å². The van der Waals surface area contributed by atoms with Crippen LogP contribution in [-0.4, -0.2) is 8.42 Å². The van der Waals surface area contributed by atoms with Gasteiger partial charge in [-0.3, -0.25) is 5.43 Å². The Morgan fingerprint density at radius 2 is 2.36 bits per heavy atom. The van der Waals surface area contributed by atoms with E-state index in [1.165, 1.54) is 0 Å². The van der Waals surface area contributed by atoms with Crippen LogP contribution in [0.1, 0.15) is 0 Å². The minimum Gasteiger partial charge on any atom is -0.282 e.